The Hall–Kier alpha value is -1.09. The summed E-state index contributed by atoms with van der Waals surface area (Å²) >= 11 is 0. The summed E-state index contributed by atoms with van der Waals surface area (Å²) < 4.78 is 12.7. The average molecular weight is 238 g/mol. The minimum absolute atomic E-state index is 0.175. The molecule has 1 saturated heterocycles. The van der Waals surface area contributed by atoms with Gasteiger partial charge in [-0.05, 0) is 38.6 Å². The predicted octanol–water partition coefficient (Wildman–Crippen LogP) is 2.96. The van der Waals surface area contributed by atoms with E-state index in [4.69, 9.17) is 0 Å². The van der Waals surface area contributed by atoms with E-state index in [0.29, 0.717) is 6.04 Å². The van der Waals surface area contributed by atoms with Gasteiger partial charge in [0.15, 0.2) is 0 Å². The van der Waals surface area contributed by atoms with E-state index in [1.165, 1.54) is 13.0 Å². The van der Waals surface area contributed by atoms with Crippen LogP contribution in [0.2, 0.25) is 0 Å². The normalized spacial score (nSPS) is 24.0. The Morgan fingerprint density at radius 1 is 1.41 bits per heavy atom. The lowest BCUT2D eigenvalue weighted by Crippen LogP contribution is -2.50. The first-order valence-corrected chi connectivity index (χ1v) is 6.20. The molecule has 1 unspecified atom stereocenters. The molecule has 17 heavy (non-hydrogen) atoms. The first kappa shape index (κ1) is 14.0. The fraction of sp³-hybridized carbons (Fsp3) is 0.571. The molecule has 0 radical (unpaired) electrons. The number of hydrogen-bond acceptors (Lipinski definition) is 2. The topological polar surface area (TPSA) is 6.48 Å². The van der Waals surface area contributed by atoms with Crippen molar-refractivity contribution in [2.75, 3.05) is 26.7 Å². The zero-order valence-corrected chi connectivity index (χ0v) is 11.1. The third-order valence-corrected chi connectivity index (χ3v) is 3.31. The molecule has 96 valence electrons. The molecule has 1 aliphatic heterocycles. The van der Waals surface area contributed by atoms with Crippen molar-refractivity contribution in [1.82, 2.24) is 9.80 Å². The number of hydrogen-bond donors (Lipinski definition) is 0. The number of rotatable bonds is 4. The lowest BCUT2D eigenvalue weighted by Gasteiger charge is -2.40. The highest BCUT2D eigenvalue weighted by Gasteiger charge is 2.22. The molecule has 0 N–H and O–H groups in total. The highest BCUT2D eigenvalue weighted by molar-refractivity contribution is 5.22. The summed E-state index contributed by atoms with van der Waals surface area (Å²) in [6, 6.07) is 0.572. The van der Waals surface area contributed by atoms with Crippen LogP contribution < -0.4 is 0 Å². The maximum atomic E-state index is 12.7. The van der Waals surface area contributed by atoms with Crippen molar-refractivity contribution in [3.8, 4) is 0 Å². The molecule has 0 saturated carbocycles. The maximum Gasteiger partial charge on any atom is 0.0969 e. The van der Waals surface area contributed by atoms with Gasteiger partial charge in [-0.25, -0.2) is 4.39 Å². The number of allylic oxidation sites excluding steroid dienone is 4. The van der Waals surface area contributed by atoms with Crippen molar-refractivity contribution in [3.63, 3.8) is 0 Å². The van der Waals surface area contributed by atoms with Gasteiger partial charge in [0.05, 0.1) is 5.83 Å². The zero-order chi connectivity index (χ0) is 12.8. The minimum Gasteiger partial charge on any atom is -0.369 e. The number of likely N-dealkylation sites (N-methyl/N-ethyl adjacent to an activating group) is 1. The van der Waals surface area contributed by atoms with E-state index >= 15 is 0 Å². The monoisotopic (exact) mass is 238 g/mol. The molecule has 1 atom stereocenters. The Morgan fingerprint density at radius 3 is 2.65 bits per heavy atom. The molecule has 0 aromatic carbocycles. The van der Waals surface area contributed by atoms with Crippen molar-refractivity contribution in [3.05, 3.63) is 36.3 Å². The van der Waals surface area contributed by atoms with Gasteiger partial charge in [0.1, 0.15) is 0 Å². The van der Waals surface area contributed by atoms with Crippen LogP contribution in [0.25, 0.3) is 0 Å². The van der Waals surface area contributed by atoms with Gasteiger partial charge in [-0.1, -0.05) is 13.5 Å². The van der Waals surface area contributed by atoms with Crippen LogP contribution in [0, 0.1) is 0 Å². The third-order valence-electron chi connectivity index (χ3n) is 3.31. The molecule has 0 spiro atoms. The number of halogens is 1. The first-order chi connectivity index (χ1) is 8.08. The molecule has 0 aliphatic carbocycles. The van der Waals surface area contributed by atoms with Gasteiger partial charge < -0.3 is 4.90 Å². The summed E-state index contributed by atoms with van der Waals surface area (Å²) in [4.78, 5) is 4.66. The van der Waals surface area contributed by atoms with Crippen LogP contribution in [-0.2, 0) is 0 Å². The highest BCUT2D eigenvalue weighted by atomic mass is 19.1. The summed E-state index contributed by atoms with van der Waals surface area (Å²) in [5.41, 5.74) is 1.01. The Labute approximate surface area is 104 Å². The molecule has 0 aromatic rings. The Balaban J connectivity index is 2.74. The molecule has 1 aliphatic rings. The summed E-state index contributed by atoms with van der Waals surface area (Å²) in [6.07, 6.45) is 6.24. The van der Waals surface area contributed by atoms with E-state index in [-0.39, 0.29) is 5.83 Å². The summed E-state index contributed by atoms with van der Waals surface area (Å²) in [5, 5.41) is 0. The second-order valence-corrected chi connectivity index (χ2v) is 4.54. The lowest BCUT2D eigenvalue weighted by molar-refractivity contribution is 0.119. The van der Waals surface area contributed by atoms with Crippen molar-refractivity contribution in [2.24, 2.45) is 0 Å². The average Bonchev–Trinajstić information content (AvgIpc) is 2.31. The zero-order valence-electron chi connectivity index (χ0n) is 11.1. The summed E-state index contributed by atoms with van der Waals surface area (Å²) in [6.45, 7) is 10.5. The second kappa shape index (κ2) is 6.60. The van der Waals surface area contributed by atoms with Crippen LogP contribution in [0.4, 0.5) is 4.39 Å². The molecule has 0 aromatic heterocycles. The van der Waals surface area contributed by atoms with Crippen LogP contribution >= 0.6 is 0 Å². The SMILES string of the molecule is C=C/C(=C\C=C(/C)F)N1CCN(C)C(CC)C1. The van der Waals surface area contributed by atoms with E-state index in [2.05, 4.69) is 30.4 Å². The fourth-order valence-electron chi connectivity index (χ4n) is 2.12. The van der Waals surface area contributed by atoms with Crippen LogP contribution in [0.3, 0.4) is 0 Å². The number of piperazine rings is 1. The molecular formula is C14H23FN2. The first-order valence-electron chi connectivity index (χ1n) is 6.20. The molecule has 0 amide bonds. The standard InChI is InChI=1S/C14H23FN2/c1-5-13(8-7-12(3)15)17-10-9-16(4)14(6-2)11-17/h5,7-8,14H,1,6,9-11H2,2-4H3/b12-7+,13-8+. The Morgan fingerprint density at radius 2 is 2.12 bits per heavy atom. The summed E-state index contributed by atoms with van der Waals surface area (Å²) in [5.74, 6) is -0.175. The Bertz CT molecular complexity index is 316. The van der Waals surface area contributed by atoms with Gasteiger partial charge in [-0.3, -0.25) is 4.90 Å². The fourth-order valence-corrected chi connectivity index (χ4v) is 2.12. The smallest absolute Gasteiger partial charge is 0.0969 e. The molecule has 3 heteroatoms. The molecular weight excluding hydrogens is 215 g/mol. The molecule has 0 bridgehead atoms. The number of nitrogens with zero attached hydrogens (tertiary/aromatic N) is 2. The van der Waals surface area contributed by atoms with E-state index in [9.17, 15) is 4.39 Å². The molecule has 2 nitrogen and oxygen atoms in total. The molecule has 1 rings (SSSR count). The summed E-state index contributed by atoms with van der Waals surface area (Å²) in [7, 11) is 2.16. The molecule has 1 fully saturated rings. The van der Waals surface area contributed by atoms with Crippen LogP contribution in [0.15, 0.2) is 36.3 Å². The maximum absolute atomic E-state index is 12.7. The molecule has 1 heterocycles. The van der Waals surface area contributed by atoms with Crippen molar-refractivity contribution in [1.29, 1.82) is 0 Å². The van der Waals surface area contributed by atoms with Crippen LogP contribution in [0.5, 0.6) is 0 Å². The van der Waals surface area contributed by atoms with Gasteiger partial charge in [0.25, 0.3) is 0 Å². The van der Waals surface area contributed by atoms with Crippen LogP contribution in [-0.4, -0.2) is 42.5 Å². The predicted molar refractivity (Wildman–Crippen MR) is 71.4 cm³/mol. The van der Waals surface area contributed by atoms with Gasteiger partial charge in [-0.15, -0.1) is 0 Å². The third kappa shape index (κ3) is 4.00. The van der Waals surface area contributed by atoms with E-state index in [0.717, 1.165) is 31.8 Å². The van der Waals surface area contributed by atoms with E-state index in [1.807, 2.05) is 0 Å². The van der Waals surface area contributed by atoms with E-state index < -0.39 is 0 Å². The highest BCUT2D eigenvalue weighted by Crippen LogP contribution is 2.16. The van der Waals surface area contributed by atoms with Gasteiger partial charge in [-0.2, -0.15) is 0 Å². The Kier molecular flexibility index (Phi) is 5.42. The van der Waals surface area contributed by atoms with Crippen LogP contribution in [0.1, 0.15) is 20.3 Å². The quantitative estimate of drug-likeness (QED) is 0.695. The van der Waals surface area contributed by atoms with Crippen molar-refractivity contribution >= 4 is 0 Å². The lowest BCUT2D eigenvalue weighted by atomic mass is 10.1. The van der Waals surface area contributed by atoms with Gasteiger partial charge >= 0.3 is 0 Å². The van der Waals surface area contributed by atoms with Crippen molar-refractivity contribution < 1.29 is 4.39 Å². The van der Waals surface area contributed by atoms with Gasteiger partial charge in [0, 0.05) is 31.4 Å². The van der Waals surface area contributed by atoms with Crippen molar-refractivity contribution in [2.45, 2.75) is 26.3 Å². The largest absolute Gasteiger partial charge is 0.369 e. The van der Waals surface area contributed by atoms with E-state index in [1.54, 1.807) is 12.2 Å². The second-order valence-electron chi connectivity index (χ2n) is 4.54. The van der Waals surface area contributed by atoms with Gasteiger partial charge in [0.2, 0.25) is 0 Å². The minimum atomic E-state index is -0.175.